The largest absolute Gasteiger partial charge is 0.497 e. The number of carboxylic acid groups (broad SMARTS) is 1. The zero-order chi connectivity index (χ0) is 37.9. The summed E-state index contributed by atoms with van der Waals surface area (Å²) in [6.45, 7) is 4.98. The number of halogens is 5. The quantitative estimate of drug-likeness (QED) is 0.242. The fourth-order valence-corrected chi connectivity index (χ4v) is 9.36. The highest BCUT2D eigenvalue weighted by molar-refractivity contribution is 5.88. The molecule has 308 valence electrons. The lowest BCUT2D eigenvalue weighted by Gasteiger charge is -2.39. The lowest BCUT2D eigenvalue weighted by atomic mass is 9.83. The molecule has 0 aromatic heterocycles. The Morgan fingerprint density at radius 1 is 0.927 bits per heavy atom. The Kier molecular flexibility index (Phi) is 15.6. The van der Waals surface area contributed by atoms with E-state index in [-0.39, 0.29) is 73.9 Å². The van der Waals surface area contributed by atoms with Crippen molar-refractivity contribution in [1.82, 2.24) is 9.80 Å². The minimum Gasteiger partial charge on any atom is -0.497 e. The number of alkyl halides is 3. The Morgan fingerprint density at radius 3 is 2.16 bits per heavy atom. The van der Waals surface area contributed by atoms with Crippen LogP contribution in [-0.4, -0.2) is 118 Å². The Balaban J connectivity index is 0.00000336. The number of amides is 1. The third kappa shape index (κ3) is 9.50. The normalized spacial score (nSPS) is 27.7. The van der Waals surface area contributed by atoms with Gasteiger partial charge in [0.15, 0.2) is 5.60 Å². The molecule has 0 unspecified atom stereocenters. The number of ether oxygens (including phenoxy) is 4. The number of carbonyl (C=O) groups excluding carboxylic acids is 1. The number of carbonyl (C=O) groups is 2. The lowest BCUT2D eigenvalue weighted by Crippen LogP contribution is -2.57. The topological polar surface area (TPSA) is 101 Å². The number of piperidine rings is 1. The van der Waals surface area contributed by atoms with Gasteiger partial charge in [0.05, 0.1) is 37.3 Å². The van der Waals surface area contributed by atoms with Crippen LogP contribution in [-0.2, 0) is 30.0 Å². The highest BCUT2D eigenvalue weighted by atomic mass is 35.5. The maximum absolute atomic E-state index is 15.3. The second-order valence-electron chi connectivity index (χ2n) is 15.1. The van der Waals surface area contributed by atoms with Crippen LogP contribution in [0, 0.1) is 5.92 Å². The Bertz CT molecular complexity index is 1570. The highest BCUT2D eigenvalue weighted by Crippen LogP contribution is 2.47. The molecule has 2 aromatic carbocycles. The summed E-state index contributed by atoms with van der Waals surface area (Å²) >= 11 is 0. The van der Waals surface area contributed by atoms with E-state index in [2.05, 4.69) is 4.90 Å². The molecule has 55 heavy (non-hydrogen) atoms. The number of likely N-dealkylation sites (tertiary alicyclic amines) is 2. The maximum Gasteiger partial charge on any atom is 0.416 e. The standard InChI is InChI=1S/C40H54F3N3O7.2ClH/c1-5-53-33-13-9-30(10-14-33)45-23-35(26-6-11-32(51-3)12-7-26)39(25-45,52-4)38(49)46-22-28(20-31(46)24-50-2)34-15-8-29(40(41,42)43)21-36(34)44-18-16-27(17-19-44)37(47)48;;/h6-8,11-12,15,21,27-28,30-31,33,35H,5,9-10,13-14,16-20,22-25H2,1-4H3,(H,47,48);2*1H/t28-,30?,31+,33?,35+,39+;;/m1../s1. The number of aliphatic carboxylic acids is 1. The van der Waals surface area contributed by atoms with Crippen LogP contribution in [0.3, 0.4) is 0 Å². The van der Waals surface area contributed by atoms with E-state index in [0.717, 1.165) is 42.9 Å². The maximum atomic E-state index is 15.3. The average Bonchev–Trinajstić information content (AvgIpc) is 3.77. The van der Waals surface area contributed by atoms with Gasteiger partial charge >= 0.3 is 12.1 Å². The van der Waals surface area contributed by atoms with Gasteiger partial charge in [-0.2, -0.15) is 13.2 Å². The summed E-state index contributed by atoms with van der Waals surface area (Å²) in [5, 5.41) is 9.56. The van der Waals surface area contributed by atoms with Gasteiger partial charge in [-0.15, -0.1) is 24.8 Å². The predicted molar refractivity (Wildman–Crippen MR) is 208 cm³/mol. The van der Waals surface area contributed by atoms with Gasteiger partial charge in [-0.1, -0.05) is 18.2 Å². The van der Waals surface area contributed by atoms with Crippen molar-refractivity contribution in [3.8, 4) is 5.75 Å². The first-order chi connectivity index (χ1) is 25.4. The number of hydrogen-bond donors (Lipinski definition) is 1. The highest BCUT2D eigenvalue weighted by Gasteiger charge is 2.58. The molecule has 0 spiro atoms. The van der Waals surface area contributed by atoms with E-state index >= 15 is 4.79 Å². The van der Waals surface area contributed by atoms with Crippen molar-refractivity contribution in [3.63, 3.8) is 0 Å². The van der Waals surface area contributed by atoms with Crippen LogP contribution in [0.2, 0.25) is 0 Å². The van der Waals surface area contributed by atoms with Gasteiger partial charge in [0.25, 0.3) is 5.91 Å². The molecule has 0 bridgehead atoms. The van der Waals surface area contributed by atoms with Gasteiger partial charge in [-0.25, -0.2) is 0 Å². The van der Waals surface area contributed by atoms with Crippen LogP contribution < -0.4 is 9.64 Å². The number of nitrogens with zero attached hydrogens (tertiary/aromatic N) is 3. The molecular weight excluding hydrogens is 762 g/mol. The number of rotatable bonds is 12. The van der Waals surface area contributed by atoms with E-state index in [1.54, 1.807) is 27.4 Å². The molecule has 6 rings (SSSR count). The molecule has 3 heterocycles. The predicted octanol–water partition coefficient (Wildman–Crippen LogP) is 7.02. The average molecular weight is 819 g/mol. The molecule has 2 aromatic rings. The Hall–Kier alpha value is -2.81. The summed E-state index contributed by atoms with van der Waals surface area (Å²) in [5.41, 5.74) is 0.179. The van der Waals surface area contributed by atoms with Gasteiger partial charge in [-0.05, 0) is 87.3 Å². The number of methoxy groups -OCH3 is 3. The first-order valence-electron chi connectivity index (χ1n) is 19.0. The van der Waals surface area contributed by atoms with Gasteiger partial charge in [0, 0.05) is 77.1 Å². The third-order valence-electron chi connectivity index (χ3n) is 12.2. The van der Waals surface area contributed by atoms with Crippen molar-refractivity contribution in [2.45, 2.75) is 93.7 Å². The van der Waals surface area contributed by atoms with Gasteiger partial charge < -0.3 is 33.9 Å². The molecule has 1 amide bonds. The summed E-state index contributed by atoms with van der Waals surface area (Å²) in [5.74, 6) is -1.39. The van der Waals surface area contributed by atoms with Crippen LogP contribution in [0.1, 0.15) is 80.4 Å². The summed E-state index contributed by atoms with van der Waals surface area (Å²) in [4.78, 5) is 33.1. The minimum absolute atomic E-state index is 0. The number of benzene rings is 2. The van der Waals surface area contributed by atoms with E-state index < -0.39 is 29.2 Å². The Labute approximate surface area is 334 Å². The second-order valence-corrected chi connectivity index (χ2v) is 15.1. The first kappa shape index (κ1) is 44.9. The van der Waals surface area contributed by atoms with Crippen LogP contribution in [0.25, 0.3) is 0 Å². The lowest BCUT2D eigenvalue weighted by molar-refractivity contribution is -0.157. The molecule has 15 heteroatoms. The minimum atomic E-state index is -4.54. The first-order valence-corrected chi connectivity index (χ1v) is 19.0. The molecule has 4 aliphatic rings. The van der Waals surface area contributed by atoms with Gasteiger partial charge in [-0.3, -0.25) is 14.5 Å². The van der Waals surface area contributed by atoms with Crippen molar-refractivity contribution in [1.29, 1.82) is 0 Å². The third-order valence-corrected chi connectivity index (χ3v) is 12.2. The molecule has 4 atom stereocenters. The van der Waals surface area contributed by atoms with Crippen molar-refractivity contribution in [2.24, 2.45) is 5.92 Å². The van der Waals surface area contributed by atoms with Crippen LogP contribution in [0.4, 0.5) is 18.9 Å². The Morgan fingerprint density at radius 2 is 1.60 bits per heavy atom. The smallest absolute Gasteiger partial charge is 0.416 e. The molecule has 10 nitrogen and oxygen atoms in total. The monoisotopic (exact) mass is 817 g/mol. The van der Waals surface area contributed by atoms with Gasteiger partial charge in [0.1, 0.15) is 5.75 Å². The summed E-state index contributed by atoms with van der Waals surface area (Å²) in [6, 6.07) is 11.6. The van der Waals surface area contributed by atoms with E-state index in [4.69, 9.17) is 18.9 Å². The fourth-order valence-electron chi connectivity index (χ4n) is 9.36. The van der Waals surface area contributed by atoms with Crippen LogP contribution >= 0.6 is 24.8 Å². The number of hydrogen-bond acceptors (Lipinski definition) is 8. The summed E-state index contributed by atoms with van der Waals surface area (Å²) < 4.78 is 65.6. The van der Waals surface area contributed by atoms with Crippen molar-refractivity contribution in [2.75, 3.05) is 72.2 Å². The summed E-state index contributed by atoms with van der Waals surface area (Å²) in [7, 11) is 4.82. The van der Waals surface area contributed by atoms with Crippen LogP contribution in [0.15, 0.2) is 42.5 Å². The van der Waals surface area contributed by atoms with E-state index in [0.29, 0.717) is 63.5 Å². The van der Waals surface area contributed by atoms with E-state index in [9.17, 15) is 23.1 Å². The van der Waals surface area contributed by atoms with E-state index in [1.807, 2.05) is 41.0 Å². The SMILES string of the molecule is CCOC1CCC(N2C[C@@H](c3ccc(OC)cc3)[C@](OC)(C(=O)N3C[C@H](c4ccc(C(F)(F)F)cc4N4CCC(C(=O)O)CC4)C[C@H]3COC)C2)CC1.Cl.Cl. The summed E-state index contributed by atoms with van der Waals surface area (Å²) in [6.07, 6.45) is 0.757. The number of anilines is 1. The van der Waals surface area contributed by atoms with Crippen molar-refractivity contribution in [3.05, 3.63) is 59.2 Å². The fraction of sp³-hybridized carbons (Fsp3) is 0.650. The molecule has 3 aliphatic heterocycles. The van der Waals surface area contributed by atoms with E-state index in [1.165, 1.54) is 6.07 Å². The second kappa shape index (κ2) is 19.1. The molecule has 1 N–H and O–H groups in total. The molecule has 1 aliphatic carbocycles. The zero-order valence-electron chi connectivity index (χ0n) is 32.1. The zero-order valence-corrected chi connectivity index (χ0v) is 33.7. The molecule has 0 radical (unpaired) electrons. The molecular formula is C40H56Cl2F3N3O7. The molecule has 1 saturated carbocycles. The van der Waals surface area contributed by atoms with Crippen LogP contribution in [0.5, 0.6) is 5.75 Å². The molecule has 4 fully saturated rings. The van der Waals surface area contributed by atoms with Crippen molar-refractivity contribution >= 4 is 42.4 Å². The van der Waals surface area contributed by atoms with Gasteiger partial charge in [0.2, 0.25) is 0 Å². The van der Waals surface area contributed by atoms with Crippen molar-refractivity contribution < 1.29 is 46.8 Å². The number of carboxylic acids is 1. The molecule has 3 saturated heterocycles.